The lowest BCUT2D eigenvalue weighted by Crippen LogP contribution is -2.40. The summed E-state index contributed by atoms with van der Waals surface area (Å²) in [6.07, 6.45) is 3.45. The van der Waals surface area contributed by atoms with Crippen molar-refractivity contribution in [2.75, 3.05) is 0 Å². The molecule has 1 unspecified atom stereocenters. The summed E-state index contributed by atoms with van der Waals surface area (Å²) < 4.78 is 0. The summed E-state index contributed by atoms with van der Waals surface area (Å²) in [7, 11) is 0. The fourth-order valence-corrected chi connectivity index (χ4v) is 4.12. The van der Waals surface area contributed by atoms with Gasteiger partial charge in [-0.1, -0.05) is 23.2 Å². The molecule has 2 aromatic rings. The Morgan fingerprint density at radius 1 is 1.23 bits per heavy atom. The number of nitrogens with one attached hydrogen (secondary N) is 2. The molecule has 2 heterocycles. The van der Waals surface area contributed by atoms with Crippen LogP contribution in [0.25, 0.3) is 0 Å². The SMILES string of the molecule is CC(C)(C(=O)NCc1cc(Cl)c(C2CCC(=O)NC2=O)c(Cl)c1)c1cnc(CO)cn1. The van der Waals surface area contributed by atoms with Gasteiger partial charge in [0.25, 0.3) is 0 Å². The number of aliphatic hydroxyl groups is 1. The van der Waals surface area contributed by atoms with E-state index in [2.05, 4.69) is 20.6 Å². The summed E-state index contributed by atoms with van der Waals surface area (Å²) in [6, 6.07) is 3.30. The van der Waals surface area contributed by atoms with Gasteiger partial charge < -0.3 is 10.4 Å². The van der Waals surface area contributed by atoms with E-state index in [0.29, 0.717) is 39.0 Å². The maximum atomic E-state index is 12.8. The van der Waals surface area contributed by atoms with E-state index in [1.54, 1.807) is 26.0 Å². The van der Waals surface area contributed by atoms with Gasteiger partial charge in [0.1, 0.15) is 0 Å². The first-order valence-electron chi connectivity index (χ1n) is 9.65. The number of aliphatic hydroxyl groups excluding tert-OH is 1. The largest absolute Gasteiger partial charge is 0.390 e. The monoisotopic (exact) mass is 464 g/mol. The predicted molar refractivity (Wildman–Crippen MR) is 114 cm³/mol. The molecule has 8 nitrogen and oxygen atoms in total. The number of aromatic nitrogens is 2. The number of rotatable bonds is 6. The average molecular weight is 465 g/mol. The minimum atomic E-state index is -0.957. The molecule has 0 saturated carbocycles. The van der Waals surface area contributed by atoms with Crippen LogP contribution in [0.2, 0.25) is 10.0 Å². The normalized spacial score (nSPS) is 16.7. The second-order valence-electron chi connectivity index (χ2n) is 7.84. The maximum absolute atomic E-state index is 12.8. The molecule has 1 atom stereocenters. The zero-order valence-corrected chi connectivity index (χ0v) is 18.5. The number of carbonyl (C=O) groups is 3. The molecule has 0 spiro atoms. The summed E-state index contributed by atoms with van der Waals surface area (Å²) in [5.41, 5.74) is 1.06. The van der Waals surface area contributed by atoms with Gasteiger partial charge in [-0.25, -0.2) is 0 Å². The number of piperidine rings is 1. The van der Waals surface area contributed by atoms with Gasteiger partial charge in [0, 0.05) is 34.8 Å². The van der Waals surface area contributed by atoms with E-state index in [1.165, 1.54) is 12.4 Å². The van der Waals surface area contributed by atoms with Crippen LogP contribution in [0.5, 0.6) is 0 Å². The van der Waals surface area contributed by atoms with Gasteiger partial charge in [0.05, 0.1) is 35.5 Å². The summed E-state index contributed by atoms with van der Waals surface area (Å²) in [4.78, 5) is 44.6. The molecule has 10 heteroatoms. The number of imide groups is 1. The van der Waals surface area contributed by atoms with Gasteiger partial charge >= 0.3 is 0 Å². The van der Waals surface area contributed by atoms with Crippen molar-refractivity contribution in [2.45, 2.75) is 51.2 Å². The maximum Gasteiger partial charge on any atom is 0.234 e. The molecule has 1 aliphatic heterocycles. The Kier molecular flexibility index (Phi) is 6.93. The lowest BCUT2D eigenvalue weighted by Gasteiger charge is -2.24. The van der Waals surface area contributed by atoms with E-state index >= 15 is 0 Å². The Hall–Kier alpha value is -2.55. The third kappa shape index (κ3) is 5.03. The van der Waals surface area contributed by atoms with E-state index in [9.17, 15) is 14.4 Å². The first kappa shape index (κ1) is 23.1. The van der Waals surface area contributed by atoms with Crippen LogP contribution in [-0.4, -0.2) is 32.8 Å². The Morgan fingerprint density at radius 2 is 1.90 bits per heavy atom. The van der Waals surface area contributed by atoms with Gasteiger partial charge in [0.2, 0.25) is 17.7 Å². The third-order valence-electron chi connectivity index (χ3n) is 5.25. The van der Waals surface area contributed by atoms with E-state index in [0.717, 1.165) is 0 Å². The highest BCUT2D eigenvalue weighted by atomic mass is 35.5. The van der Waals surface area contributed by atoms with Gasteiger partial charge in [-0.15, -0.1) is 0 Å². The summed E-state index contributed by atoms with van der Waals surface area (Å²) in [5.74, 6) is -1.61. The quantitative estimate of drug-likeness (QED) is 0.564. The summed E-state index contributed by atoms with van der Waals surface area (Å²) >= 11 is 12.8. The predicted octanol–water partition coefficient (Wildman–Crippen LogP) is 2.39. The van der Waals surface area contributed by atoms with Crippen LogP contribution in [0.3, 0.4) is 0 Å². The number of hydrogen-bond acceptors (Lipinski definition) is 6. The van der Waals surface area contributed by atoms with E-state index in [-0.39, 0.29) is 31.4 Å². The smallest absolute Gasteiger partial charge is 0.234 e. The minimum Gasteiger partial charge on any atom is -0.390 e. The molecule has 3 amide bonds. The molecule has 164 valence electrons. The molecule has 3 N–H and O–H groups in total. The second kappa shape index (κ2) is 9.30. The Labute approximate surface area is 189 Å². The van der Waals surface area contributed by atoms with Gasteiger partial charge in [-0.2, -0.15) is 0 Å². The van der Waals surface area contributed by atoms with Crippen LogP contribution < -0.4 is 10.6 Å². The number of amides is 3. The Bertz CT molecular complexity index is 1000. The van der Waals surface area contributed by atoms with Crippen LogP contribution in [0.4, 0.5) is 0 Å². The van der Waals surface area contributed by atoms with Crippen LogP contribution in [0, 0.1) is 0 Å². The van der Waals surface area contributed by atoms with Crippen molar-refractivity contribution >= 4 is 40.9 Å². The highest BCUT2D eigenvalue weighted by Crippen LogP contribution is 2.37. The summed E-state index contributed by atoms with van der Waals surface area (Å²) in [6.45, 7) is 3.38. The molecule has 1 aliphatic rings. The molecule has 1 fully saturated rings. The molecule has 31 heavy (non-hydrogen) atoms. The Morgan fingerprint density at radius 3 is 2.45 bits per heavy atom. The first-order valence-corrected chi connectivity index (χ1v) is 10.4. The molecule has 1 aromatic heterocycles. The zero-order valence-electron chi connectivity index (χ0n) is 17.0. The Balaban J connectivity index is 1.72. The van der Waals surface area contributed by atoms with Crippen molar-refractivity contribution in [3.05, 3.63) is 57.1 Å². The highest BCUT2D eigenvalue weighted by molar-refractivity contribution is 6.36. The highest BCUT2D eigenvalue weighted by Gasteiger charge is 2.33. The van der Waals surface area contributed by atoms with Crippen molar-refractivity contribution in [1.29, 1.82) is 0 Å². The molecule has 1 aromatic carbocycles. The fraction of sp³-hybridized carbons (Fsp3) is 0.381. The van der Waals surface area contributed by atoms with Gasteiger partial charge in [-0.05, 0) is 38.0 Å². The molecule has 0 radical (unpaired) electrons. The molecular formula is C21H22Cl2N4O4. The third-order valence-corrected chi connectivity index (χ3v) is 5.88. The number of carbonyl (C=O) groups excluding carboxylic acids is 3. The second-order valence-corrected chi connectivity index (χ2v) is 8.65. The van der Waals surface area contributed by atoms with Gasteiger partial charge in [-0.3, -0.25) is 29.7 Å². The first-order chi connectivity index (χ1) is 14.6. The van der Waals surface area contributed by atoms with Crippen molar-refractivity contribution in [2.24, 2.45) is 0 Å². The van der Waals surface area contributed by atoms with Crippen LogP contribution in [0.15, 0.2) is 24.5 Å². The van der Waals surface area contributed by atoms with E-state index in [4.69, 9.17) is 28.3 Å². The molecule has 3 rings (SSSR count). The molecule has 0 aliphatic carbocycles. The van der Waals surface area contributed by atoms with E-state index in [1.807, 2.05) is 0 Å². The molecule has 1 saturated heterocycles. The minimum absolute atomic E-state index is 0.166. The average Bonchev–Trinajstić information content (AvgIpc) is 2.73. The molecular weight excluding hydrogens is 443 g/mol. The van der Waals surface area contributed by atoms with Crippen molar-refractivity contribution in [3.63, 3.8) is 0 Å². The fourth-order valence-electron chi connectivity index (χ4n) is 3.32. The lowest BCUT2D eigenvalue weighted by molar-refractivity contribution is -0.134. The number of halogens is 2. The van der Waals surface area contributed by atoms with Crippen LogP contribution in [-0.2, 0) is 33.0 Å². The summed E-state index contributed by atoms with van der Waals surface area (Å²) in [5, 5.41) is 14.8. The van der Waals surface area contributed by atoms with Crippen LogP contribution in [0.1, 0.15) is 55.1 Å². The lowest BCUT2D eigenvalue weighted by atomic mass is 9.88. The molecule has 0 bridgehead atoms. The van der Waals surface area contributed by atoms with Crippen molar-refractivity contribution in [3.8, 4) is 0 Å². The van der Waals surface area contributed by atoms with E-state index < -0.39 is 17.2 Å². The van der Waals surface area contributed by atoms with Crippen molar-refractivity contribution < 1.29 is 19.5 Å². The van der Waals surface area contributed by atoms with Crippen molar-refractivity contribution in [1.82, 2.24) is 20.6 Å². The number of benzene rings is 1. The number of nitrogens with zero attached hydrogens (tertiary/aromatic N) is 2. The standard InChI is InChI=1S/C21H22Cl2N4O4/c1-21(2,16-9-24-12(10-28)8-25-16)20(31)26-7-11-5-14(22)18(15(23)6-11)13-3-4-17(29)27-19(13)30/h5-6,8-9,13,28H,3-4,7,10H2,1-2H3,(H,26,31)(H,27,29,30). The zero-order chi connectivity index (χ0) is 22.8. The van der Waals surface area contributed by atoms with Gasteiger partial charge in [0.15, 0.2) is 0 Å². The number of hydrogen-bond donors (Lipinski definition) is 3. The topological polar surface area (TPSA) is 121 Å². The van der Waals surface area contributed by atoms with Crippen LogP contribution >= 0.6 is 23.2 Å².